The van der Waals surface area contributed by atoms with E-state index in [1.54, 1.807) is 24.0 Å². The summed E-state index contributed by atoms with van der Waals surface area (Å²) in [5.41, 5.74) is 0.257. The molecule has 0 spiro atoms. The zero-order valence-electron chi connectivity index (χ0n) is 11.5. The van der Waals surface area contributed by atoms with E-state index in [1.807, 2.05) is 18.2 Å². The molecule has 0 aliphatic heterocycles. The molecule has 0 saturated heterocycles. The van der Waals surface area contributed by atoms with Gasteiger partial charge in [-0.25, -0.2) is 4.68 Å². The molecule has 0 saturated carbocycles. The number of anilines is 1. The normalized spacial score (nSPS) is 10.3. The summed E-state index contributed by atoms with van der Waals surface area (Å²) >= 11 is 7.79. The Morgan fingerprint density at radius 1 is 1.38 bits per heavy atom. The highest BCUT2D eigenvalue weighted by Crippen LogP contribution is 2.18. The van der Waals surface area contributed by atoms with E-state index in [0.717, 1.165) is 5.75 Å². The molecule has 1 aromatic carbocycles. The van der Waals surface area contributed by atoms with Gasteiger partial charge in [-0.3, -0.25) is 4.79 Å². The summed E-state index contributed by atoms with van der Waals surface area (Å²) < 4.78 is 1.28. The second-order valence-corrected chi connectivity index (χ2v) is 5.78. The van der Waals surface area contributed by atoms with E-state index in [-0.39, 0.29) is 10.6 Å². The summed E-state index contributed by atoms with van der Waals surface area (Å²) in [6.07, 6.45) is 3.18. The quantitative estimate of drug-likeness (QED) is 0.483. The molecule has 1 aromatic heterocycles. The first-order chi connectivity index (χ1) is 10.2. The van der Waals surface area contributed by atoms with Gasteiger partial charge in [0.05, 0.1) is 18.4 Å². The van der Waals surface area contributed by atoms with E-state index in [4.69, 9.17) is 11.6 Å². The molecule has 0 fully saturated rings. The van der Waals surface area contributed by atoms with Gasteiger partial charge >= 0.3 is 0 Å². The average Bonchev–Trinajstić information content (AvgIpc) is 2.51. The fraction of sp³-hybridized carbons (Fsp3) is 0.200. The molecule has 0 radical (unpaired) electrons. The maximum absolute atomic E-state index is 11.9. The topological polar surface area (TPSA) is 46.9 Å². The van der Waals surface area contributed by atoms with Crippen LogP contribution in [0, 0.1) is 0 Å². The van der Waals surface area contributed by atoms with Gasteiger partial charge in [0.15, 0.2) is 0 Å². The molecule has 2 aromatic rings. The van der Waals surface area contributed by atoms with Crippen LogP contribution >= 0.6 is 23.4 Å². The number of aromatic nitrogens is 2. The zero-order valence-corrected chi connectivity index (χ0v) is 13.0. The van der Waals surface area contributed by atoms with Crippen molar-refractivity contribution in [1.82, 2.24) is 9.78 Å². The largest absolute Gasteiger partial charge is 0.382 e. The Kier molecular flexibility index (Phi) is 5.90. The minimum Gasteiger partial charge on any atom is -0.382 e. The van der Waals surface area contributed by atoms with Gasteiger partial charge in [-0.1, -0.05) is 35.9 Å². The van der Waals surface area contributed by atoms with Crippen LogP contribution in [-0.2, 0) is 6.54 Å². The summed E-state index contributed by atoms with van der Waals surface area (Å²) in [6, 6.07) is 10.1. The predicted octanol–water partition coefficient (Wildman–Crippen LogP) is 3.29. The summed E-state index contributed by atoms with van der Waals surface area (Å²) in [5.74, 6) is 0.871. The lowest BCUT2D eigenvalue weighted by atomic mass is 10.4. The first-order valence-electron chi connectivity index (χ1n) is 6.50. The van der Waals surface area contributed by atoms with E-state index < -0.39 is 0 Å². The highest BCUT2D eigenvalue weighted by Gasteiger charge is 2.07. The number of nitrogens with zero attached hydrogens (tertiary/aromatic N) is 2. The number of nitrogens with one attached hydrogen (secondary N) is 1. The number of allylic oxidation sites excluding steroid dienone is 1. The average molecular weight is 322 g/mol. The third kappa shape index (κ3) is 4.37. The van der Waals surface area contributed by atoms with Crippen molar-refractivity contribution in [2.24, 2.45) is 0 Å². The van der Waals surface area contributed by atoms with Gasteiger partial charge in [-0.2, -0.15) is 5.10 Å². The van der Waals surface area contributed by atoms with Gasteiger partial charge in [0.2, 0.25) is 0 Å². The van der Waals surface area contributed by atoms with Crippen LogP contribution in [0.5, 0.6) is 0 Å². The second-order valence-electron chi connectivity index (χ2n) is 4.24. The van der Waals surface area contributed by atoms with Crippen molar-refractivity contribution < 1.29 is 0 Å². The molecule has 1 N–H and O–H groups in total. The van der Waals surface area contributed by atoms with Gasteiger partial charge in [0.1, 0.15) is 5.02 Å². The minimum atomic E-state index is -0.308. The van der Waals surface area contributed by atoms with Crippen LogP contribution in [0.15, 0.2) is 58.9 Å². The molecule has 110 valence electrons. The predicted molar refractivity (Wildman–Crippen MR) is 89.4 cm³/mol. The maximum atomic E-state index is 11.9. The smallest absolute Gasteiger partial charge is 0.287 e. The fourth-order valence-electron chi connectivity index (χ4n) is 1.71. The van der Waals surface area contributed by atoms with Crippen molar-refractivity contribution in [2.75, 3.05) is 17.6 Å². The summed E-state index contributed by atoms with van der Waals surface area (Å²) in [5, 5.41) is 7.35. The maximum Gasteiger partial charge on any atom is 0.287 e. The molecule has 0 aliphatic rings. The molecule has 0 bridgehead atoms. The number of hydrogen-bond donors (Lipinski definition) is 1. The molecule has 21 heavy (non-hydrogen) atoms. The minimum absolute atomic E-state index is 0.163. The monoisotopic (exact) mass is 321 g/mol. The van der Waals surface area contributed by atoms with Gasteiger partial charge < -0.3 is 5.32 Å². The molecule has 2 rings (SSSR count). The van der Waals surface area contributed by atoms with Crippen LogP contribution in [0.4, 0.5) is 5.69 Å². The van der Waals surface area contributed by atoms with Crippen molar-refractivity contribution in [2.45, 2.75) is 11.4 Å². The SMILES string of the molecule is C=CCn1ncc(NCCSc2ccccc2)c(Cl)c1=O. The molecule has 0 amide bonds. The third-order valence-corrected chi connectivity index (χ3v) is 4.10. The highest BCUT2D eigenvalue weighted by molar-refractivity contribution is 7.99. The number of halogens is 1. The molecule has 0 unspecified atom stereocenters. The van der Waals surface area contributed by atoms with Gasteiger partial charge in [-0.05, 0) is 12.1 Å². The summed E-state index contributed by atoms with van der Waals surface area (Å²) in [4.78, 5) is 13.1. The van der Waals surface area contributed by atoms with Crippen LogP contribution in [0.3, 0.4) is 0 Å². The fourth-order valence-corrected chi connectivity index (χ4v) is 2.71. The lowest BCUT2D eigenvalue weighted by Crippen LogP contribution is -2.24. The lowest BCUT2D eigenvalue weighted by molar-refractivity contribution is 0.653. The van der Waals surface area contributed by atoms with Crippen molar-refractivity contribution in [3.8, 4) is 0 Å². The number of benzene rings is 1. The standard InChI is InChI=1S/C15H16ClN3OS/c1-2-9-19-15(20)14(16)13(11-18-19)17-8-10-21-12-6-4-3-5-7-12/h2-7,11,17H,1,8-10H2. The van der Waals surface area contributed by atoms with E-state index in [9.17, 15) is 4.79 Å². The van der Waals surface area contributed by atoms with E-state index in [0.29, 0.717) is 18.8 Å². The van der Waals surface area contributed by atoms with Gasteiger partial charge in [-0.15, -0.1) is 18.3 Å². The Labute approximate surface area is 132 Å². The molecule has 4 nitrogen and oxygen atoms in total. The molecular formula is C15H16ClN3OS. The van der Waals surface area contributed by atoms with Gasteiger partial charge in [0, 0.05) is 17.2 Å². The summed E-state index contributed by atoms with van der Waals surface area (Å²) in [6.45, 7) is 4.63. The third-order valence-electron chi connectivity index (χ3n) is 2.72. The Bertz CT molecular complexity index is 658. The number of thioether (sulfide) groups is 1. The van der Waals surface area contributed by atoms with Gasteiger partial charge in [0.25, 0.3) is 5.56 Å². The first kappa shape index (κ1) is 15.7. The van der Waals surface area contributed by atoms with Crippen molar-refractivity contribution in [1.29, 1.82) is 0 Å². The molecule has 0 aliphatic carbocycles. The van der Waals surface area contributed by atoms with E-state index in [2.05, 4.69) is 29.1 Å². The second kappa shape index (κ2) is 7.90. The molecule has 1 heterocycles. The Hall–Kier alpha value is -1.72. The van der Waals surface area contributed by atoms with E-state index >= 15 is 0 Å². The van der Waals surface area contributed by atoms with Crippen LogP contribution in [0.2, 0.25) is 5.02 Å². The van der Waals surface area contributed by atoms with Crippen LogP contribution in [0.25, 0.3) is 0 Å². The molecular weight excluding hydrogens is 306 g/mol. The Balaban J connectivity index is 1.90. The highest BCUT2D eigenvalue weighted by atomic mass is 35.5. The van der Waals surface area contributed by atoms with E-state index in [1.165, 1.54) is 9.58 Å². The van der Waals surface area contributed by atoms with Crippen molar-refractivity contribution in [3.63, 3.8) is 0 Å². The molecule has 6 heteroatoms. The van der Waals surface area contributed by atoms with Crippen LogP contribution in [-0.4, -0.2) is 22.1 Å². The lowest BCUT2D eigenvalue weighted by Gasteiger charge is -2.09. The number of rotatable bonds is 7. The summed E-state index contributed by atoms with van der Waals surface area (Å²) in [7, 11) is 0. The van der Waals surface area contributed by atoms with Crippen molar-refractivity contribution in [3.05, 3.63) is 64.6 Å². The zero-order chi connectivity index (χ0) is 15.1. The Morgan fingerprint density at radius 2 is 2.14 bits per heavy atom. The van der Waals surface area contributed by atoms with Crippen molar-refractivity contribution >= 4 is 29.1 Å². The Morgan fingerprint density at radius 3 is 2.86 bits per heavy atom. The molecule has 0 atom stereocenters. The van der Waals surface area contributed by atoms with Crippen LogP contribution in [0.1, 0.15) is 0 Å². The number of hydrogen-bond acceptors (Lipinski definition) is 4. The first-order valence-corrected chi connectivity index (χ1v) is 7.87. The van der Waals surface area contributed by atoms with Crippen LogP contribution < -0.4 is 10.9 Å².